The van der Waals surface area contributed by atoms with Gasteiger partial charge in [-0.15, -0.1) is 6.58 Å². The zero-order valence-electron chi connectivity index (χ0n) is 28.5. The molecule has 0 heterocycles. The average Bonchev–Trinajstić information content (AvgIpc) is 3.66. The van der Waals surface area contributed by atoms with E-state index in [1.807, 2.05) is 26.8 Å². The second-order valence-corrected chi connectivity index (χ2v) is 12.6. The van der Waals surface area contributed by atoms with E-state index in [9.17, 15) is 9.59 Å². The summed E-state index contributed by atoms with van der Waals surface area (Å²) in [5, 5.41) is 0. The Morgan fingerprint density at radius 1 is 0.854 bits per heavy atom. The van der Waals surface area contributed by atoms with Crippen molar-refractivity contribution >= 4 is 11.9 Å². The highest BCUT2D eigenvalue weighted by Crippen LogP contribution is 2.41. The lowest BCUT2D eigenvalue weighted by Gasteiger charge is -2.30. The fourth-order valence-corrected chi connectivity index (χ4v) is 6.16. The van der Waals surface area contributed by atoms with Gasteiger partial charge in [-0.25, -0.2) is 0 Å². The predicted octanol–water partition coefficient (Wildman–Crippen LogP) is 11.4. The van der Waals surface area contributed by atoms with E-state index in [2.05, 4.69) is 27.4 Å². The maximum absolute atomic E-state index is 13.0. The van der Waals surface area contributed by atoms with Crippen LogP contribution in [-0.2, 0) is 19.1 Å². The third kappa shape index (κ3) is 21.1. The lowest BCUT2D eigenvalue weighted by Crippen LogP contribution is -2.32. The molecule has 0 aliphatic heterocycles. The molecule has 0 aromatic heterocycles. The molecule has 0 amide bonds. The lowest BCUT2D eigenvalue weighted by molar-refractivity contribution is -0.153. The number of hydrogen-bond donors (Lipinski definition) is 0. The van der Waals surface area contributed by atoms with Gasteiger partial charge >= 0.3 is 11.9 Å². The van der Waals surface area contributed by atoms with E-state index >= 15 is 0 Å². The summed E-state index contributed by atoms with van der Waals surface area (Å²) in [5.41, 5.74) is 0. The van der Waals surface area contributed by atoms with Crippen molar-refractivity contribution in [3.05, 3.63) is 12.7 Å². The first-order valence-corrected chi connectivity index (χ1v) is 17.8. The summed E-state index contributed by atoms with van der Waals surface area (Å²) in [6.07, 6.45) is 25.1. The molecule has 1 aliphatic rings. The van der Waals surface area contributed by atoms with Crippen LogP contribution in [-0.4, -0.2) is 24.1 Å². The quantitative estimate of drug-likeness (QED) is 0.0582. The molecule has 0 saturated heterocycles. The van der Waals surface area contributed by atoms with Gasteiger partial charge in [0, 0.05) is 19.3 Å². The Morgan fingerprint density at radius 2 is 1.37 bits per heavy atom. The van der Waals surface area contributed by atoms with Crippen LogP contribution in [0.4, 0.5) is 0 Å². The Hall–Kier alpha value is -1.32. The molecule has 242 valence electrons. The van der Waals surface area contributed by atoms with Crippen LogP contribution in [0.1, 0.15) is 177 Å². The van der Waals surface area contributed by atoms with Gasteiger partial charge in [-0.2, -0.15) is 0 Å². The zero-order chi connectivity index (χ0) is 30.9. The molecule has 0 radical (unpaired) electrons. The standard InChI is InChI=1S/C35H64O4.C2H6/c1-7-10-11-12-13-17-20-24-32(25-21-18-15-14-16-19-23-31-26-28(31)4)39-35(37)27-29(5)33(22-8-2)34(9-3)38-30(6)36;1-2/h8,28-29,31-34H,2,7,9-27H2,1,3-6H3;1-2H3. The molecule has 0 spiro atoms. The summed E-state index contributed by atoms with van der Waals surface area (Å²) < 4.78 is 11.7. The minimum absolute atomic E-state index is 0.0324. The van der Waals surface area contributed by atoms with Gasteiger partial charge in [0.2, 0.25) is 0 Å². The first-order chi connectivity index (χ1) is 19.8. The smallest absolute Gasteiger partial charge is 0.306 e. The minimum Gasteiger partial charge on any atom is -0.462 e. The third-order valence-electron chi connectivity index (χ3n) is 8.91. The summed E-state index contributed by atoms with van der Waals surface area (Å²) in [6, 6.07) is 0. The highest BCUT2D eigenvalue weighted by Gasteiger charge is 2.31. The van der Waals surface area contributed by atoms with Crippen molar-refractivity contribution in [2.75, 3.05) is 0 Å². The number of ether oxygens (including phenoxy) is 2. The predicted molar refractivity (Wildman–Crippen MR) is 176 cm³/mol. The number of esters is 2. The molecule has 41 heavy (non-hydrogen) atoms. The van der Waals surface area contributed by atoms with Crippen LogP contribution in [0, 0.1) is 23.7 Å². The highest BCUT2D eigenvalue weighted by molar-refractivity contribution is 5.70. The van der Waals surface area contributed by atoms with Gasteiger partial charge in [0.05, 0.1) is 0 Å². The molecule has 0 N–H and O–H groups in total. The number of unbranched alkanes of at least 4 members (excludes halogenated alkanes) is 11. The van der Waals surface area contributed by atoms with Crippen molar-refractivity contribution in [3.63, 3.8) is 0 Å². The Bertz CT molecular complexity index is 645. The van der Waals surface area contributed by atoms with Crippen molar-refractivity contribution < 1.29 is 19.1 Å². The fraction of sp³-hybridized carbons (Fsp3) is 0.892. The van der Waals surface area contributed by atoms with Crippen LogP contribution < -0.4 is 0 Å². The highest BCUT2D eigenvalue weighted by atomic mass is 16.5. The van der Waals surface area contributed by atoms with Crippen molar-refractivity contribution in [2.45, 2.75) is 189 Å². The molecule has 6 atom stereocenters. The number of allylic oxidation sites excluding steroid dienone is 1. The van der Waals surface area contributed by atoms with Crippen molar-refractivity contribution in [1.29, 1.82) is 0 Å². The number of carbonyl (C=O) groups is 2. The van der Waals surface area contributed by atoms with E-state index in [0.29, 0.717) is 6.42 Å². The van der Waals surface area contributed by atoms with Gasteiger partial charge in [-0.3, -0.25) is 9.59 Å². The monoisotopic (exact) mass is 579 g/mol. The molecule has 4 heteroatoms. The van der Waals surface area contributed by atoms with E-state index in [1.165, 1.54) is 90.4 Å². The Morgan fingerprint density at radius 3 is 1.83 bits per heavy atom. The lowest BCUT2D eigenvalue weighted by atomic mass is 9.83. The fourth-order valence-electron chi connectivity index (χ4n) is 6.16. The normalized spacial score (nSPS) is 18.8. The largest absolute Gasteiger partial charge is 0.462 e. The second kappa shape index (κ2) is 26.3. The van der Waals surface area contributed by atoms with E-state index in [1.54, 1.807) is 0 Å². The summed E-state index contributed by atoms with van der Waals surface area (Å²) in [4.78, 5) is 24.7. The van der Waals surface area contributed by atoms with Gasteiger partial charge in [0.25, 0.3) is 0 Å². The summed E-state index contributed by atoms with van der Waals surface area (Å²) in [5.74, 6) is 1.79. The number of rotatable bonds is 26. The van der Waals surface area contributed by atoms with Crippen LogP contribution in [0.15, 0.2) is 12.7 Å². The molecule has 4 nitrogen and oxygen atoms in total. The summed E-state index contributed by atoms with van der Waals surface area (Å²) >= 11 is 0. The van der Waals surface area contributed by atoms with Crippen LogP contribution in [0.5, 0.6) is 0 Å². The van der Waals surface area contributed by atoms with E-state index in [0.717, 1.165) is 50.4 Å². The maximum Gasteiger partial charge on any atom is 0.306 e. The number of hydrogen-bond acceptors (Lipinski definition) is 4. The van der Waals surface area contributed by atoms with Gasteiger partial charge in [0.15, 0.2) is 0 Å². The van der Waals surface area contributed by atoms with E-state index in [4.69, 9.17) is 9.47 Å². The van der Waals surface area contributed by atoms with E-state index < -0.39 is 0 Å². The first-order valence-electron chi connectivity index (χ1n) is 17.8. The van der Waals surface area contributed by atoms with Crippen LogP contribution in [0.25, 0.3) is 0 Å². The molecule has 1 fully saturated rings. The molecule has 1 saturated carbocycles. The maximum atomic E-state index is 13.0. The van der Waals surface area contributed by atoms with Crippen LogP contribution >= 0.6 is 0 Å². The van der Waals surface area contributed by atoms with E-state index in [-0.39, 0.29) is 36.0 Å². The van der Waals surface area contributed by atoms with Crippen molar-refractivity contribution in [2.24, 2.45) is 23.7 Å². The van der Waals surface area contributed by atoms with Gasteiger partial charge in [-0.05, 0) is 62.7 Å². The summed E-state index contributed by atoms with van der Waals surface area (Å²) in [6.45, 7) is 18.1. The van der Waals surface area contributed by atoms with Gasteiger partial charge < -0.3 is 9.47 Å². The molecule has 1 aliphatic carbocycles. The summed E-state index contributed by atoms with van der Waals surface area (Å²) in [7, 11) is 0. The number of carbonyl (C=O) groups excluding carboxylic acids is 2. The Balaban J connectivity index is 0.00000781. The molecule has 0 bridgehead atoms. The first kappa shape index (κ1) is 39.7. The Labute approximate surface area is 256 Å². The molecule has 1 rings (SSSR count). The molecular weight excluding hydrogens is 508 g/mol. The van der Waals surface area contributed by atoms with Crippen LogP contribution in [0.3, 0.4) is 0 Å². The zero-order valence-corrected chi connectivity index (χ0v) is 28.5. The van der Waals surface area contributed by atoms with Gasteiger partial charge in [-0.1, -0.05) is 125 Å². The molecule has 6 unspecified atom stereocenters. The minimum atomic E-state index is -0.266. The molecule has 0 aromatic carbocycles. The average molecular weight is 579 g/mol. The van der Waals surface area contributed by atoms with Gasteiger partial charge in [0.1, 0.15) is 12.2 Å². The topological polar surface area (TPSA) is 52.6 Å². The Kier molecular flexibility index (Phi) is 25.5. The van der Waals surface area contributed by atoms with Crippen molar-refractivity contribution in [1.82, 2.24) is 0 Å². The third-order valence-corrected chi connectivity index (χ3v) is 8.91. The second-order valence-electron chi connectivity index (χ2n) is 12.6. The molecule has 0 aromatic rings. The molecular formula is C37H70O4. The van der Waals surface area contributed by atoms with Crippen molar-refractivity contribution in [3.8, 4) is 0 Å². The SMILES string of the molecule is C=CCC(C(C)CC(=O)OC(CCCCCCCCC)CCCCCCCCC1CC1C)C(CC)OC(C)=O.CC. The van der Waals surface area contributed by atoms with Crippen LogP contribution in [0.2, 0.25) is 0 Å².